The normalized spacial score (nSPS) is 15.4. The fourth-order valence-corrected chi connectivity index (χ4v) is 3.73. The number of aromatic nitrogens is 2. The molecule has 0 saturated carbocycles. The van der Waals surface area contributed by atoms with Crippen LogP contribution in [0.25, 0.3) is 0 Å². The van der Waals surface area contributed by atoms with Gasteiger partial charge in [0.15, 0.2) is 0 Å². The van der Waals surface area contributed by atoms with Gasteiger partial charge in [-0.05, 0) is 50.8 Å². The van der Waals surface area contributed by atoms with Crippen molar-refractivity contribution in [3.63, 3.8) is 0 Å². The van der Waals surface area contributed by atoms with E-state index >= 15 is 0 Å². The quantitative estimate of drug-likeness (QED) is 0.845. The van der Waals surface area contributed by atoms with Crippen molar-refractivity contribution in [2.45, 2.75) is 39.0 Å². The molecule has 2 aromatic rings. The van der Waals surface area contributed by atoms with Crippen molar-refractivity contribution in [3.8, 4) is 0 Å². The van der Waals surface area contributed by atoms with Crippen molar-refractivity contribution in [3.05, 3.63) is 40.4 Å². The highest BCUT2D eigenvalue weighted by Gasteiger charge is 2.15. The SMILES string of the molecule is Cc1ccc(Cc2nnc(NC(=O)CCC3CCNCC3)s2)cc1. The predicted molar refractivity (Wildman–Crippen MR) is 97.4 cm³/mol. The van der Waals surface area contributed by atoms with E-state index in [9.17, 15) is 4.79 Å². The Kier molecular flexibility index (Phi) is 5.93. The number of rotatable bonds is 6. The molecule has 0 unspecified atom stereocenters. The summed E-state index contributed by atoms with van der Waals surface area (Å²) < 4.78 is 0. The van der Waals surface area contributed by atoms with Crippen molar-refractivity contribution >= 4 is 22.4 Å². The van der Waals surface area contributed by atoms with E-state index in [0.717, 1.165) is 30.9 Å². The summed E-state index contributed by atoms with van der Waals surface area (Å²) in [5.74, 6) is 0.718. The molecule has 1 saturated heterocycles. The largest absolute Gasteiger partial charge is 0.317 e. The second-order valence-corrected chi connectivity index (χ2v) is 7.51. The molecule has 5 nitrogen and oxygen atoms in total. The second kappa shape index (κ2) is 8.35. The molecule has 0 bridgehead atoms. The van der Waals surface area contributed by atoms with Crippen LogP contribution >= 0.6 is 11.3 Å². The maximum atomic E-state index is 12.1. The van der Waals surface area contributed by atoms with E-state index in [4.69, 9.17) is 0 Å². The van der Waals surface area contributed by atoms with Gasteiger partial charge < -0.3 is 10.6 Å². The number of carbonyl (C=O) groups excluding carboxylic acids is 1. The van der Waals surface area contributed by atoms with E-state index < -0.39 is 0 Å². The van der Waals surface area contributed by atoms with Gasteiger partial charge in [-0.15, -0.1) is 10.2 Å². The Morgan fingerprint density at radius 1 is 1.25 bits per heavy atom. The topological polar surface area (TPSA) is 66.9 Å². The number of amides is 1. The first-order valence-corrected chi connectivity index (χ1v) is 9.39. The van der Waals surface area contributed by atoms with Crippen LogP contribution in [0.2, 0.25) is 0 Å². The lowest BCUT2D eigenvalue weighted by Gasteiger charge is -2.21. The number of anilines is 1. The summed E-state index contributed by atoms with van der Waals surface area (Å²) in [6.07, 6.45) is 4.63. The number of aryl methyl sites for hydroxylation is 1. The molecule has 2 heterocycles. The monoisotopic (exact) mass is 344 g/mol. The zero-order valence-corrected chi connectivity index (χ0v) is 14.9. The van der Waals surface area contributed by atoms with Crippen LogP contribution in [0.15, 0.2) is 24.3 Å². The van der Waals surface area contributed by atoms with Gasteiger partial charge >= 0.3 is 0 Å². The molecule has 128 valence electrons. The fraction of sp³-hybridized carbons (Fsp3) is 0.500. The third kappa shape index (κ3) is 5.11. The van der Waals surface area contributed by atoms with Crippen LogP contribution in [0.1, 0.15) is 41.8 Å². The van der Waals surface area contributed by atoms with Crippen molar-refractivity contribution < 1.29 is 4.79 Å². The van der Waals surface area contributed by atoms with E-state index in [-0.39, 0.29) is 5.91 Å². The van der Waals surface area contributed by atoms with Crippen molar-refractivity contribution in [1.29, 1.82) is 0 Å². The van der Waals surface area contributed by atoms with Gasteiger partial charge in [-0.25, -0.2) is 0 Å². The van der Waals surface area contributed by atoms with Crippen LogP contribution in [-0.2, 0) is 11.2 Å². The lowest BCUT2D eigenvalue weighted by Crippen LogP contribution is -2.28. The zero-order chi connectivity index (χ0) is 16.8. The fourth-order valence-electron chi connectivity index (χ4n) is 2.94. The summed E-state index contributed by atoms with van der Waals surface area (Å²) >= 11 is 1.46. The van der Waals surface area contributed by atoms with Gasteiger partial charge in [0, 0.05) is 12.8 Å². The molecular formula is C18H24N4OS. The Labute approximate surface area is 146 Å². The van der Waals surface area contributed by atoms with E-state index in [1.807, 2.05) is 0 Å². The van der Waals surface area contributed by atoms with Crippen molar-refractivity contribution in [2.75, 3.05) is 18.4 Å². The van der Waals surface area contributed by atoms with E-state index in [1.54, 1.807) is 0 Å². The van der Waals surface area contributed by atoms with E-state index in [2.05, 4.69) is 52.0 Å². The van der Waals surface area contributed by atoms with Gasteiger partial charge in [-0.1, -0.05) is 41.2 Å². The smallest absolute Gasteiger partial charge is 0.226 e. The lowest BCUT2D eigenvalue weighted by molar-refractivity contribution is -0.116. The van der Waals surface area contributed by atoms with E-state index in [0.29, 0.717) is 17.5 Å². The summed E-state index contributed by atoms with van der Waals surface area (Å²) in [5.41, 5.74) is 2.46. The molecule has 3 rings (SSSR count). The van der Waals surface area contributed by atoms with Gasteiger partial charge in [0.1, 0.15) is 5.01 Å². The zero-order valence-electron chi connectivity index (χ0n) is 14.0. The van der Waals surface area contributed by atoms with Gasteiger partial charge in [-0.3, -0.25) is 4.79 Å². The van der Waals surface area contributed by atoms with Crippen LogP contribution < -0.4 is 10.6 Å². The predicted octanol–water partition coefficient (Wildman–Crippen LogP) is 3.16. The Balaban J connectivity index is 1.46. The molecule has 1 fully saturated rings. The third-order valence-electron chi connectivity index (χ3n) is 4.43. The minimum Gasteiger partial charge on any atom is -0.317 e. The van der Waals surface area contributed by atoms with Crippen LogP contribution in [0.4, 0.5) is 5.13 Å². The molecule has 0 atom stereocenters. The van der Waals surface area contributed by atoms with Crippen LogP contribution in [0, 0.1) is 12.8 Å². The maximum absolute atomic E-state index is 12.1. The van der Waals surface area contributed by atoms with E-state index in [1.165, 1.54) is 35.3 Å². The number of hydrogen-bond donors (Lipinski definition) is 2. The lowest BCUT2D eigenvalue weighted by atomic mass is 9.93. The van der Waals surface area contributed by atoms with Crippen LogP contribution in [0.3, 0.4) is 0 Å². The Morgan fingerprint density at radius 2 is 2.00 bits per heavy atom. The number of benzene rings is 1. The summed E-state index contributed by atoms with van der Waals surface area (Å²) in [5, 5.41) is 16.0. The highest BCUT2D eigenvalue weighted by atomic mass is 32.1. The first-order chi connectivity index (χ1) is 11.7. The Morgan fingerprint density at radius 3 is 2.75 bits per heavy atom. The molecule has 1 aliphatic rings. The number of nitrogens with one attached hydrogen (secondary N) is 2. The molecule has 1 amide bonds. The Hall–Kier alpha value is -1.79. The number of carbonyl (C=O) groups is 1. The van der Waals surface area contributed by atoms with Crippen LogP contribution in [-0.4, -0.2) is 29.2 Å². The second-order valence-electron chi connectivity index (χ2n) is 6.44. The molecule has 2 N–H and O–H groups in total. The first-order valence-electron chi connectivity index (χ1n) is 8.57. The molecule has 0 radical (unpaired) electrons. The van der Waals surface area contributed by atoms with Crippen molar-refractivity contribution in [2.24, 2.45) is 5.92 Å². The minimum atomic E-state index is 0.0477. The highest BCUT2D eigenvalue weighted by molar-refractivity contribution is 7.15. The van der Waals surface area contributed by atoms with Gasteiger partial charge in [0.25, 0.3) is 0 Å². The van der Waals surface area contributed by atoms with Gasteiger partial charge in [-0.2, -0.15) is 0 Å². The molecule has 1 aromatic carbocycles. The van der Waals surface area contributed by atoms with Gasteiger partial charge in [0.2, 0.25) is 11.0 Å². The molecule has 1 aliphatic heterocycles. The average Bonchev–Trinajstić information content (AvgIpc) is 3.03. The van der Waals surface area contributed by atoms with Crippen LogP contribution in [0.5, 0.6) is 0 Å². The summed E-state index contributed by atoms with van der Waals surface area (Å²) in [7, 11) is 0. The van der Waals surface area contributed by atoms with Gasteiger partial charge in [0.05, 0.1) is 0 Å². The molecule has 0 spiro atoms. The number of nitrogens with zero attached hydrogens (tertiary/aromatic N) is 2. The summed E-state index contributed by atoms with van der Waals surface area (Å²) in [6, 6.07) is 8.40. The maximum Gasteiger partial charge on any atom is 0.226 e. The number of piperidine rings is 1. The Bertz CT molecular complexity index is 662. The third-order valence-corrected chi connectivity index (χ3v) is 5.27. The van der Waals surface area contributed by atoms with Crippen molar-refractivity contribution in [1.82, 2.24) is 15.5 Å². The molecule has 0 aliphatic carbocycles. The first kappa shape index (κ1) is 17.0. The summed E-state index contributed by atoms with van der Waals surface area (Å²) in [6.45, 7) is 4.22. The minimum absolute atomic E-state index is 0.0477. The molecule has 1 aromatic heterocycles. The standard InChI is InChI=1S/C18H24N4OS/c1-13-2-4-15(5-3-13)12-17-21-22-18(24-17)20-16(23)7-6-14-8-10-19-11-9-14/h2-5,14,19H,6-12H2,1H3,(H,20,22,23). The highest BCUT2D eigenvalue weighted by Crippen LogP contribution is 2.21. The average molecular weight is 344 g/mol. The molecular weight excluding hydrogens is 320 g/mol. The summed E-state index contributed by atoms with van der Waals surface area (Å²) in [4.78, 5) is 12.1. The molecule has 6 heteroatoms. The molecule has 24 heavy (non-hydrogen) atoms. The number of hydrogen-bond acceptors (Lipinski definition) is 5.